The molecule has 2 rings (SSSR count). The van der Waals surface area contributed by atoms with E-state index in [1.54, 1.807) is 7.05 Å². The number of nitrogens with one attached hydrogen (secondary N) is 2. The fraction of sp³-hybridized carbons (Fsp3) is 0.636. The largest absolute Gasteiger partial charge is 0.484 e. The molecule has 7 nitrogen and oxygen atoms in total. The van der Waals surface area contributed by atoms with Crippen molar-refractivity contribution in [2.24, 2.45) is 16.6 Å². The Bertz CT molecular complexity index is 654. The Balaban J connectivity index is 1.86. The molecule has 1 aliphatic heterocycles. The summed E-state index contributed by atoms with van der Waals surface area (Å²) in [4.78, 5) is 17.9. The van der Waals surface area contributed by atoms with Gasteiger partial charge in [-0.15, -0.1) is 0 Å². The lowest BCUT2D eigenvalue weighted by Gasteiger charge is -2.34. The number of carbonyl (C=O) groups excluding carboxylic acids is 1. The van der Waals surface area contributed by atoms with Gasteiger partial charge in [-0.3, -0.25) is 14.7 Å². The molecule has 0 aromatic heterocycles. The molecule has 0 spiro atoms. The lowest BCUT2D eigenvalue weighted by atomic mass is 10.0. The number of guanidine groups is 1. The summed E-state index contributed by atoms with van der Waals surface area (Å²) in [6.45, 7) is 8.34. The maximum absolute atomic E-state index is 10.9. The van der Waals surface area contributed by atoms with E-state index in [0.717, 1.165) is 18.1 Å². The van der Waals surface area contributed by atoms with Crippen LogP contribution in [0.4, 0.5) is 0 Å². The second-order valence-corrected chi connectivity index (χ2v) is 7.97. The van der Waals surface area contributed by atoms with E-state index < -0.39 is 5.91 Å². The molecule has 1 aromatic carbocycles. The predicted molar refractivity (Wildman–Crippen MR) is 118 cm³/mol. The lowest BCUT2D eigenvalue weighted by molar-refractivity contribution is -0.119. The minimum Gasteiger partial charge on any atom is -0.484 e. The highest BCUT2D eigenvalue weighted by molar-refractivity contribution is 5.79. The van der Waals surface area contributed by atoms with E-state index in [-0.39, 0.29) is 6.61 Å². The van der Waals surface area contributed by atoms with Crippen molar-refractivity contribution < 1.29 is 9.53 Å². The van der Waals surface area contributed by atoms with Crippen molar-refractivity contribution in [3.8, 4) is 5.75 Å². The van der Waals surface area contributed by atoms with Crippen LogP contribution in [-0.2, 0) is 11.3 Å². The summed E-state index contributed by atoms with van der Waals surface area (Å²) in [5.74, 6) is 1.51. The number of aliphatic imine (C=N–C) groups is 1. The second kappa shape index (κ2) is 12.3. The molecule has 1 atom stereocenters. The number of nitrogens with zero attached hydrogens (tertiary/aromatic N) is 2. The van der Waals surface area contributed by atoms with Crippen molar-refractivity contribution in [3.05, 3.63) is 29.8 Å². The Kier molecular flexibility index (Phi) is 9.77. The topological polar surface area (TPSA) is 92.0 Å². The molecular formula is C22H37N5O2. The van der Waals surface area contributed by atoms with Crippen LogP contribution in [0.3, 0.4) is 0 Å². The van der Waals surface area contributed by atoms with Crippen LogP contribution in [-0.4, -0.2) is 56.1 Å². The molecule has 29 heavy (non-hydrogen) atoms. The fourth-order valence-corrected chi connectivity index (χ4v) is 3.72. The van der Waals surface area contributed by atoms with Crippen LogP contribution in [0.2, 0.25) is 0 Å². The van der Waals surface area contributed by atoms with Crippen molar-refractivity contribution in [2.45, 2.75) is 52.1 Å². The van der Waals surface area contributed by atoms with Crippen LogP contribution >= 0.6 is 0 Å². The van der Waals surface area contributed by atoms with Crippen LogP contribution in [0.15, 0.2) is 29.3 Å². The molecule has 1 heterocycles. The monoisotopic (exact) mass is 403 g/mol. The van der Waals surface area contributed by atoms with Gasteiger partial charge >= 0.3 is 0 Å². The number of hydrogen-bond acceptors (Lipinski definition) is 4. The molecule has 1 unspecified atom stereocenters. The average molecular weight is 404 g/mol. The van der Waals surface area contributed by atoms with E-state index in [2.05, 4.69) is 34.4 Å². The van der Waals surface area contributed by atoms with Crippen molar-refractivity contribution in [1.82, 2.24) is 15.5 Å². The van der Waals surface area contributed by atoms with Gasteiger partial charge in [0.15, 0.2) is 12.6 Å². The van der Waals surface area contributed by atoms with Gasteiger partial charge in [0.25, 0.3) is 5.91 Å². The average Bonchev–Trinajstić information content (AvgIpc) is 2.98. The van der Waals surface area contributed by atoms with Crippen molar-refractivity contribution in [3.63, 3.8) is 0 Å². The summed E-state index contributed by atoms with van der Waals surface area (Å²) in [5, 5.41) is 6.86. The zero-order chi connectivity index (χ0) is 21.1. The van der Waals surface area contributed by atoms with Crippen LogP contribution < -0.4 is 21.1 Å². The summed E-state index contributed by atoms with van der Waals surface area (Å²) in [7, 11) is 1.79. The molecule has 0 bridgehead atoms. The Morgan fingerprint density at radius 1 is 1.21 bits per heavy atom. The van der Waals surface area contributed by atoms with Gasteiger partial charge in [0, 0.05) is 26.2 Å². The van der Waals surface area contributed by atoms with E-state index in [0.29, 0.717) is 24.3 Å². The maximum Gasteiger partial charge on any atom is 0.255 e. The van der Waals surface area contributed by atoms with E-state index in [9.17, 15) is 4.79 Å². The van der Waals surface area contributed by atoms with Crippen molar-refractivity contribution in [2.75, 3.05) is 33.3 Å². The van der Waals surface area contributed by atoms with Gasteiger partial charge in [-0.05, 0) is 49.5 Å². The summed E-state index contributed by atoms with van der Waals surface area (Å²) in [6, 6.07) is 8.12. The third-order valence-electron chi connectivity index (χ3n) is 5.32. The van der Waals surface area contributed by atoms with Gasteiger partial charge in [-0.25, -0.2) is 0 Å². The third kappa shape index (κ3) is 8.31. The minimum atomic E-state index is -0.484. The van der Waals surface area contributed by atoms with Crippen molar-refractivity contribution >= 4 is 11.9 Å². The Morgan fingerprint density at radius 3 is 2.55 bits per heavy atom. The Morgan fingerprint density at radius 2 is 1.93 bits per heavy atom. The fourth-order valence-electron chi connectivity index (χ4n) is 3.72. The highest BCUT2D eigenvalue weighted by Crippen LogP contribution is 2.17. The van der Waals surface area contributed by atoms with E-state index in [4.69, 9.17) is 10.5 Å². The van der Waals surface area contributed by atoms with Gasteiger partial charge in [0.05, 0.1) is 0 Å². The summed E-state index contributed by atoms with van der Waals surface area (Å²) >= 11 is 0. The number of benzene rings is 1. The number of hydrogen-bond donors (Lipinski definition) is 3. The zero-order valence-corrected chi connectivity index (χ0v) is 18.1. The smallest absolute Gasteiger partial charge is 0.255 e. The predicted octanol–water partition coefficient (Wildman–Crippen LogP) is 2.12. The number of carbonyl (C=O) groups is 1. The molecule has 1 aliphatic rings. The second-order valence-electron chi connectivity index (χ2n) is 7.97. The molecule has 0 radical (unpaired) electrons. The molecule has 0 aliphatic carbocycles. The lowest BCUT2D eigenvalue weighted by Crippen LogP contribution is -2.49. The summed E-state index contributed by atoms with van der Waals surface area (Å²) in [6.07, 6.45) is 5.29. The summed E-state index contributed by atoms with van der Waals surface area (Å²) in [5.41, 5.74) is 6.18. The minimum absolute atomic E-state index is 0.118. The third-order valence-corrected chi connectivity index (χ3v) is 5.32. The van der Waals surface area contributed by atoms with Gasteiger partial charge in [-0.2, -0.15) is 0 Å². The molecule has 7 heteroatoms. The number of rotatable bonds is 9. The van der Waals surface area contributed by atoms with Gasteiger partial charge in [0.1, 0.15) is 5.75 Å². The highest BCUT2D eigenvalue weighted by atomic mass is 16.5. The zero-order valence-electron chi connectivity index (χ0n) is 18.1. The van der Waals surface area contributed by atoms with Crippen LogP contribution in [0.25, 0.3) is 0 Å². The van der Waals surface area contributed by atoms with Gasteiger partial charge in [-0.1, -0.05) is 38.8 Å². The molecule has 4 N–H and O–H groups in total. The van der Waals surface area contributed by atoms with Crippen molar-refractivity contribution in [1.29, 1.82) is 0 Å². The first-order valence-electron chi connectivity index (χ1n) is 10.7. The van der Waals surface area contributed by atoms with E-state index >= 15 is 0 Å². The molecule has 1 fully saturated rings. The number of primary amides is 1. The number of amides is 1. The maximum atomic E-state index is 10.9. The first-order valence-corrected chi connectivity index (χ1v) is 10.7. The molecule has 1 aromatic rings. The number of ether oxygens (including phenoxy) is 1. The van der Waals surface area contributed by atoms with Crippen LogP contribution in [0.5, 0.6) is 5.75 Å². The molecule has 162 valence electrons. The molecule has 0 saturated carbocycles. The van der Waals surface area contributed by atoms with E-state index in [1.165, 1.54) is 38.8 Å². The van der Waals surface area contributed by atoms with Gasteiger partial charge < -0.3 is 21.1 Å². The molecule has 1 amide bonds. The first kappa shape index (κ1) is 23.0. The number of nitrogens with two attached hydrogens (primary N) is 1. The number of likely N-dealkylation sites (tertiary alicyclic amines) is 1. The molecule has 1 saturated heterocycles. The van der Waals surface area contributed by atoms with Crippen LogP contribution in [0.1, 0.15) is 45.1 Å². The normalized spacial score (nSPS) is 16.9. The summed E-state index contributed by atoms with van der Waals surface area (Å²) < 4.78 is 5.37. The Labute approximate surface area is 175 Å². The first-order chi connectivity index (χ1) is 14.0. The quantitative estimate of drug-likeness (QED) is 0.434. The highest BCUT2D eigenvalue weighted by Gasteiger charge is 2.22. The standard InChI is InChI=1S/C22H37N5O2/c1-17(2)20(27-11-6-4-5-7-12-27)15-26-22(24-3)25-14-18-9-8-10-19(13-18)29-16-21(23)28/h8-10,13,17,20H,4-7,11-12,14-16H2,1-3H3,(H2,23,28)(H2,24,25,26). The van der Waals surface area contributed by atoms with Gasteiger partial charge in [0.2, 0.25) is 0 Å². The van der Waals surface area contributed by atoms with Crippen LogP contribution in [0, 0.1) is 5.92 Å². The Hall–Kier alpha value is -2.28. The van der Waals surface area contributed by atoms with E-state index in [1.807, 2.05) is 24.3 Å². The molecular weight excluding hydrogens is 366 g/mol. The SMILES string of the molecule is CN=C(NCc1cccc(OCC(N)=O)c1)NCC(C(C)C)N1CCCCCC1.